The third-order valence-corrected chi connectivity index (χ3v) is 3.50. The van der Waals surface area contributed by atoms with Crippen molar-refractivity contribution < 1.29 is 31.1 Å². The highest BCUT2D eigenvalue weighted by Crippen LogP contribution is 2.38. The van der Waals surface area contributed by atoms with Crippen molar-refractivity contribution in [1.29, 1.82) is 10.7 Å². The van der Waals surface area contributed by atoms with Gasteiger partial charge in [0.15, 0.2) is 23.2 Å². The number of rotatable bonds is 5. The largest absolute Gasteiger partial charge is 0.450 e. The van der Waals surface area contributed by atoms with Gasteiger partial charge in [-0.3, -0.25) is 10.8 Å². The molecule has 0 unspecified atom stereocenters. The second kappa shape index (κ2) is 8.27. The van der Waals surface area contributed by atoms with Crippen LogP contribution >= 0.6 is 11.6 Å². The van der Waals surface area contributed by atoms with E-state index in [0.717, 1.165) is 6.07 Å². The first-order chi connectivity index (χ1) is 13.4. The van der Waals surface area contributed by atoms with Crippen LogP contribution in [-0.4, -0.2) is 11.5 Å². The summed E-state index contributed by atoms with van der Waals surface area (Å²) in [5.74, 6) is -6.84. The second-order valence-electron chi connectivity index (χ2n) is 5.23. The number of nitriles is 1. The van der Waals surface area contributed by atoms with Gasteiger partial charge in [-0.1, -0.05) is 11.6 Å². The van der Waals surface area contributed by atoms with E-state index in [0.29, 0.717) is 6.07 Å². The maximum atomic E-state index is 14.0. The highest BCUT2D eigenvalue weighted by Gasteiger charge is 2.33. The van der Waals surface area contributed by atoms with E-state index in [2.05, 4.69) is 10.5 Å². The van der Waals surface area contributed by atoms with Crippen molar-refractivity contribution in [2.45, 2.75) is 6.18 Å². The van der Waals surface area contributed by atoms with Crippen LogP contribution in [0.4, 0.5) is 32.0 Å². The van der Waals surface area contributed by atoms with Gasteiger partial charge in [0.1, 0.15) is 17.6 Å². The molecule has 2 aromatic carbocycles. The van der Waals surface area contributed by atoms with Gasteiger partial charge in [0.2, 0.25) is 5.71 Å². The Bertz CT molecular complexity index is 1020. The monoisotopic (exact) mass is 435 g/mol. The summed E-state index contributed by atoms with van der Waals surface area (Å²) in [4.78, 5) is 0. The maximum absolute atomic E-state index is 14.0. The van der Waals surface area contributed by atoms with Crippen molar-refractivity contribution >= 4 is 28.8 Å². The van der Waals surface area contributed by atoms with Crippen LogP contribution in [0.3, 0.4) is 0 Å². The number of nitrogens with zero attached hydrogens (tertiary/aromatic N) is 2. The van der Waals surface area contributed by atoms with E-state index in [1.54, 1.807) is 0 Å². The molecule has 0 aromatic heterocycles. The van der Waals surface area contributed by atoms with E-state index in [9.17, 15) is 26.3 Å². The lowest BCUT2D eigenvalue weighted by molar-refractivity contribution is -0.138. The summed E-state index contributed by atoms with van der Waals surface area (Å²) in [6, 6.07) is 2.94. The third-order valence-electron chi connectivity index (χ3n) is 3.21. The lowest BCUT2D eigenvalue weighted by Gasteiger charge is -2.13. The van der Waals surface area contributed by atoms with Gasteiger partial charge in [0.25, 0.3) is 0 Å². The first-order valence-electron chi connectivity index (χ1n) is 7.25. The van der Waals surface area contributed by atoms with E-state index in [1.165, 1.54) is 6.07 Å². The first-order valence-corrected chi connectivity index (χ1v) is 7.63. The quantitative estimate of drug-likeness (QED) is 0.271. The summed E-state index contributed by atoms with van der Waals surface area (Å²) >= 11 is 5.74. The number of hydrogen-bond donors (Lipinski definition) is 3. The van der Waals surface area contributed by atoms with E-state index in [-0.39, 0.29) is 12.1 Å². The molecule has 4 N–H and O–H groups in total. The molecule has 0 amide bonds. The fourth-order valence-corrected chi connectivity index (χ4v) is 2.07. The fraction of sp³-hybridized carbons (Fsp3) is 0.0625. The molecule has 6 nitrogen and oxygen atoms in total. The Morgan fingerprint density at radius 2 is 1.72 bits per heavy atom. The number of hydrogen-bond acceptors (Lipinski definition) is 5. The molecule has 0 saturated carbocycles. The van der Waals surface area contributed by atoms with Gasteiger partial charge in [0, 0.05) is 6.07 Å². The minimum Gasteiger partial charge on any atom is -0.450 e. The number of nitrogens with one attached hydrogen (secondary N) is 2. The SMILES string of the molecule is N#C/C(=N\Nc1cc(Oc2c(F)cc(C(F)(F)F)cc2F)c(Cl)cc1F)C(=N)N. The van der Waals surface area contributed by atoms with Gasteiger partial charge in [-0.2, -0.15) is 23.5 Å². The molecule has 2 aromatic rings. The molecule has 29 heavy (non-hydrogen) atoms. The maximum Gasteiger partial charge on any atom is 0.416 e. The zero-order valence-electron chi connectivity index (χ0n) is 13.8. The van der Waals surface area contributed by atoms with Gasteiger partial charge in [-0.05, 0) is 18.2 Å². The number of nitrogens with two attached hydrogens (primary N) is 1. The van der Waals surface area contributed by atoms with Crippen LogP contribution < -0.4 is 15.9 Å². The molecule has 0 spiro atoms. The smallest absolute Gasteiger partial charge is 0.416 e. The number of ether oxygens (including phenoxy) is 1. The van der Waals surface area contributed by atoms with Crippen LogP contribution in [0.2, 0.25) is 5.02 Å². The summed E-state index contributed by atoms with van der Waals surface area (Å²) < 4.78 is 84.5. The molecule has 0 aliphatic heterocycles. The van der Waals surface area contributed by atoms with Crippen molar-refractivity contribution in [3.05, 3.63) is 52.3 Å². The summed E-state index contributed by atoms with van der Waals surface area (Å²) in [6.07, 6.45) is -4.99. The number of hydrazone groups is 1. The summed E-state index contributed by atoms with van der Waals surface area (Å²) in [5.41, 5.74) is 4.46. The summed E-state index contributed by atoms with van der Waals surface area (Å²) in [7, 11) is 0. The minimum atomic E-state index is -4.99. The molecule has 152 valence electrons. The van der Waals surface area contributed by atoms with Crippen molar-refractivity contribution in [2.24, 2.45) is 10.8 Å². The average Bonchev–Trinajstić information content (AvgIpc) is 2.60. The average molecular weight is 436 g/mol. The first kappa shape index (κ1) is 21.8. The number of anilines is 1. The van der Waals surface area contributed by atoms with E-state index < -0.39 is 62.9 Å². The van der Waals surface area contributed by atoms with Gasteiger partial charge in [0.05, 0.1) is 16.3 Å². The third kappa shape index (κ3) is 5.08. The second-order valence-corrected chi connectivity index (χ2v) is 5.64. The molecule has 13 heteroatoms. The molecule has 0 atom stereocenters. The topological polar surface area (TPSA) is 107 Å². The summed E-state index contributed by atoms with van der Waals surface area (Å²) in [6.45, 7) is 0. The van der Waals surface area contributed by atoms with Crippen LogP contribution in [0, 0.1) is 34.2 Å². The van der Waals surface area contributed by atoms with Crippen LogP contribution in [0.15, 0.2) is 29.4 Å². The zero-order valence-corrected chi connectivity index (χ0v) is 14.6. The van der Waals surface area contributed by atoms with Crippen LogP contribution in [-0.2, 0) is 6.18 Å². The van der Waals surface area contributed by atoms with Gasteiger partial charge < -0.3 is 10.5 Å². The molecule has 0 saturated heterocycles. The standard InChI is InChI=1S/C16H8ClF6N5O/c17-7-3-8(18)11(27-28-12(5-24)15(25)26)4-13(7)29-14-9(19)1-6(2-10(14)20)16(21,22)23/h1-4,27H,(H3,25,26)/b28-12+. The minimum absolute atomic E-state index is 0.0192. The molecule has 0 bridgehead atoms. The number of benzene rings is 2. The number of alkyl halides is 3. The Hall–Kier alpha value is -3.46. The van der Waals surface area contributed by atoms with Crippen LogP contribution in [0.5, 0.6) is 11.5 Å². The van der Waals surface area contributed by atoms with Crippen LogP contribution in [0.1, 0.15) is 5.56 Å². The van der Waals surface area contributed by atoms with E-state index in [1.807, 2.05) is 0 Å². The van der Waals surface area contributed by atoms with Crippen molar-refractivity contribution in [2.75, 3.05) is 5.43 Å². The predicted molar refractivity (Wildman–Crippen MR) is 91.4 cm³/mol. The van der Waals surface area contributed by atoms with Gasteiger partial charge in [-0.25, -0.2) is 13.2 Å². The van der Waals surface area contributed by atoms with Gasteiger partial charge in [-0.15, -0.1) is 0 Å². The Labute approximate surface area is 163 Å². The zero-order chi connectivity index (χ0) is 21.9. The van der Waals surface area contributed by atoms with Crippen molar-refractivity contribution in [3.8, 4) is 17.6 Å². The predicted octanol–water partition coefficient (Wildman–Crippen LogP) is 4.80. The lowest BCUT2D eigenvalue weighted by Crippen LogP contribution is -2.22. The van der Waals surface area contributed by atoms with E-state index >= 15 is 0 Å². The highest BCUT2D eigenvalue weighted by atomic mass is 35.5. The Balaban J connectivity index is 2.42. The lowest BCUT2D eigenvalue weighted by atomic mass is 10.2. The van der Waals surface area contributed by atoms with Crippen molar-refractivity contribution in [1.82, 2.24) is 0 Å². The molecule has 0 heterocycles. The molecule has 2 rings (SSSR count). The number of halogens is 7. The van der Waals surface area contributed by atoms with Crippen LogP contribution in [0.25, 0.3) is 0 Å². The van der Waals surface area contributed by atoms with Gasteiger partial charge >= 0.3 is 6.18 Å². The Morgan fingerprint density at radius 3 is 2.21 bits per heavy atom. The molecule has 0 aliphatic rings. The Kier molecular flexibility index (Phi) is 6.23. The molecular weight excluding hydrogens is 428 g/mol. The fourth-order valence-electron chi connectivity index (χ4n) is 1.89. The molecule has 0 radical (unpaired) electrons. The summed E-state index contributed by atoms with van der Waals surface area (Å²) in [5, 5.41) is 18.7. The Morgan fingerprint density at radius 1 is 1.14 bits per heavy atom. The van der Waals surface area contributed by atoms with Crippen molar-refractivity contribution in [3.63, 3.8) is 0 Å². The molecule has 0 fully saturated rings. The molecular formula is C16H8ClF6N5O. The highest BCUT2D eigenvalue weighted by molar-refractivity contribution is 6.45. The normalized spacial score (nSPS) is 11.7. The molecule has 0 aliphatic carbocycles. The number of amidine groups is 1. The van der Waals surface area contributed by atoms with E-state index in [4.69, 9.17) is 32.7 Å².